The number of benzene rings is 2. The van der Waals surface area contributed by atoms with Crippen molar-refractivity contribution >= 4 is 34.7 Å². The number of nitrogens with zero attached hydrogens (tertiary/aromatic N) is 3. The van der Waals surface area contributed by atoms with Crippen LogP contribution in [0.1, 0.15) is 21.6 Å². The lowest BCUT2D eigenvalue weighted by molar-refractivity contribution is -0.118. The van der Waals surface area contributed by atoms with Gasteiger partial charge in [-0.15, -0.1) is 0 Å². The zero-order valence-electron chi connectivity index (χ0n) is 17.6. The van der Waals surface area contributed by atoms with E-state index in [1.807, 2.05) is 54.8 Å². The Labute approximate surface area is 188 Å². The van der Waals surface area contributed by atoms with Crippen LogP contribution in [0.4, 0.5) is 5.69 Å². The minimum atomic E-state index is -0.231. The van der Waals surface area contributed by atoms with E-state index in [4.69, 9.17) is 9.72 Å². The maximum absolute atomic E-state index is 12.9. The van der Waals surface area contributed by atoms with Gasteiger partial charge in [0.05, 0.1) is 28.3 Å². The molecule has 0 unspecified atom stereocenters. The molecule has 160 valence electrons. The van der Waals surface area contributed by atoms with E-state index in [-0.39, 0.29) is 24.1 Å². The van der Waals surface area contributed by atoms with Gasteiger partial charge < -0.3 is 10.1 Å². The molecule has 0 fully saturated rings. The number of ketones is 1. The van der Waals surface area contributed by atoms with E-state index in [9.17, 15) is 9.59 Å². The van der Waals surface area contributed by atoms with Crippen LogP contribution < -0.4 is 10.1 Å². The molecule has 0 saturated heterocycles. The fourth-order valence-corrected chi connectivity index (χ4v) is 4.60. The number of ether oxygens (including phenoxy) is 1. The van der Waals surface area contributed by atoms with Crippen LogP contribution in [0.5, 0.6) is 5.75 Å². The molecular formula is C24H20N4O3S. The van der Waals surface area contributed by atoms with E-state index in [0.717, 1.165) is 28.0 Å². The Balaban J connectivity index is 1.45. The van der Waals surface area contributed by atoms with Gasteiger partial charge in [0.2, 0.25) is 0 Å². The van der Waals surface area contributed by atoms with Crippen LogP contribution in [0.25, 0.3) is 16.8 Å². The van der Waals surface area contributed by atoms with Gasteiger partial charge in [0, 0.05) is 11.1 Å². The molecule has 5 rings (SSSR count). The van der Waals surface area contributed by atoms with E-state index in [2.05, 4.69) is 10.4 Å². The normalized spacial score (nSPS) is 12.9. The van der Waals surface area contributed by atoms with Crippen LogP contribution in [0.15, 0.2) is 59.8 Å². The zero-order chi connectivity index (χ0) is 22.2. The number of anilines is 1. The highest BCUT2D eigenvalue weighted by atomic mass is 32.2. The average Bonchev–Trinajstić information content (AvgIpc) is 3.16. The molecule has 7 nitrogen and oxygen atoms in total. The topological polar surface area (TPSA) is 85.6 Å². The molecule has 0 atom stereocenters. The molecular weight excluding hydrogens is 424 g/mol. The number of rotatable bonds is 5. The number of hydrogen-bond donors (Lipinski definition) is 1. The van der Waals surface area contributed by atoms with E-state index in [0.29, 0.717) is 22.2 Å². The summed E-state index contributed by atoms with van der Waals surface area (Å²) in [5, 5.41) is 8.06. The van der Waals surface area contributed by atoms with E-state index in [1.165, 1.54) is 11.8 Å². The van der Waals surface area contributed by atoms with Gasteiger partial charge in [0.25, 0.3) is 5.91 Å². The number of aromatic nitrogens is 3. The molecule has 0 aliphatic carbocycles. The molecule has 0 saturated carbocycles. The van der Waals surface area contributed by atoms with Crippen molar-refractivity contribution < 1.29 is 14.3 Å². The highest BCUT2D eigenvalue weighted by Crippen LogP contribution is 2.32. The van der Waals surface area contributed by atoms with Gasteiger partial charge in [0.15, 0.2) is 17.5 Å². The van der Waals surface area contributed by atoms with Gasteiger partial charge in [0.1, 0.15) is 5.75 Å². The molecule has 1 aliphatic rings. The molecule has 8 heteroatoms. The molecule has 3 heterocycles. The Morgan fingerprint density at radius 2 is 1.97 bits per heavy atom. The Hall–Kier alpha value is -3.65. The van der Waals surface area contributed by atoms with Gasteiger partial charge in [-0.25, -0.2) is 9.50 Å². The first-order valence-corrected chi connectivity index (χ1v) is 11.1. The smallest absolute Gasteiger partial charge is 0.262 e. The van der Waals surface area contributed by atoms with Crippen LogP contribution in [-0.4, -0.2) is 38.6 Å². The SMILES string of the molecule is Cc1cc(C)c2c(-c3ccccc3)nc(SCC(=O)c3ccc4c(c3)NC(=O)CO4)n2n1. The van der Waals surface area contributed by atoms with Gasteiger partial charge in [-0.05, 0) is 43.7 Å². The summed E-state index contributed by atoms with van der Waals surface area (Å²) < 4.78 is 7.19. The number of hydrogen-bond acceptors (Lipinski definition) is 6. The van der Waals surface area contributed by atoms with Gasteiger partial charge >= 0.3 is 0 Å². The predicted molar refractivity (Wildman–Crippen MR) is 124 cm³/mol. The highest BCUT2D eigenvalue weighted by molar-refractivity contribution is 7.99. The summed E-state index contributed by atoms with van der Waals surface area (Å²) in [5.41, 5.74) is 5.76. The number of thioether (sulfide) groups is 1. The number of fused-ring (bicyclic) bond motifs is 2. The van der Waals surface area contributed by atoms with Crippen molar-refractivity contribution in [2.24, 2.45) is 0 Å². The summed E-state index contributed by atoms with van der Waals surface area (Å²) in [6, 6.07) is 17.1. The van der Waals surface area contributed by atoms with Crippen LogP contribution in [0.2, 0.25) is 0 Å². The number of carbonyl (C=O) groups excluding carboxylic acids is 2. The number of imidazole rings is 1. The maximum Gasteiger partial charge on any atom is 0.262 e. The van der Waals surface area contributed by atoms with Gasteiger partial charge in [-0.2, -0.15) is 5.10 Å². The van der Waals surface area contributed by atoms with Gasteiger partial charge in [-0.3, -0.25) is 9.59 Å². The average molecular weight is 445 g/mol. The third-order valence-electron chi connectivity index (χ3n) is 5.20. The van der Waals surface area contributed by atoms with Crippen LogP contribution in [-0.2, 0) is 4.79 Å². The van der Waals surface area contributed by atoms with E-state index in [1.54, 1.807) is 18.2 Å². The zero-order valence-corrected chi connectivity index (χ0v) is 18.4. The van der Waals surface area contributed by atoms with Crippen molar-refractivity contribution in [1.29, 1.82) is 0 Å². The fraction of sp³-hybridized carbons (Fsp3) is 0.167. The summed E-state index contributed by atoms with van der Waals surface area (Å²) in [7, 11) is 0. The summed E-state index contributed by atoms with van der Waals surface area (Å²) >= 11 is 1.34. The summed E-state index contributed by atoms with van der Waals surface area (Å²) in [6.07, 6.45) is 0. The Morgan fingerprint density at radius 3 is 2.78 bits per heavy atom. The second kappa shape index (κ2) is 8.12. The third kappa shape index (κ3) is 3.73. The van der Waals surface area contributed by atoms with E-state index < -0.39 is 0 Å². The Kier molecular flexibility index (Phi) is 5.14. The van der Waals surface area contributed by atoms with Gasteiger partial charge in [-0.1, -0.05) is 42.1 Å². The lowest BCUT2D eigenvalue weighted by Crippen LogP contribution is -2.25. The van der Waals surface area contributed by atoms with Crippen molar-refractivity contribution in [1.82, 2.24) is 14.6 Å². The number of aryl methyl sites for hydroxylation is 2. The lowest BCUT2D eigenvalue weighted by atomic mass is 10.1. The molecule has 2 aromatic carbocycles. The fourth-order valence-electron chi connectivity index (χ4n) is 3.77. The molecule has 1 N–H and O–H groups in total. The largest absolute Gasteiger partial charge is 0.482 e. The quantitative estimate of drug-likeness (QED) is 0.365. The molecule has 32 heavy (non-hydrogen) atoms. The van der Waals surface area contributed by atoms with Crippen LogP contribution >= 0.6 is 11.8 Å². The van der Waals surface area contributed by atoms with Crippen molar-refractivity contribution in [3.63, 3.8) is 0 Å². The second-order valence-corrected chi connectivity index (χ2v) is 8.54. The van der Waals surface area contributed by atoms with E-state index >= 15 is 0 Å². The molecule has 0 spiro atoms. The highest BCUT2D eigenvalue weighted by Gasteiger charge is 2.20. The minimum absolute atomic E-state index is 0.0152. The molecule has 0 bridgehead atoms. The van der Waals surface area contributed by atoms with Crippen molar-refractivity contribution in [3.8, 4) is 17.0 Å². The number of nitrogens with one attached hydrogen (secondary N) is 1. The van der Waals surface area contributed by atoms with Crippen molar-refractivity contribution in [2.75, 3.05) is 17.7 Å². The molecule has 2 aromatic heterocycles. The first kappa shape index (κ1) is 20.3. The Bertz CT molecular complexity index is 1360. The first-order valence-electron chi connectivity index (χ1n) is 10.1. The molecule has 0 radical (unpaired) electrons. The monoisotopic (exact) mass is 444 g/mol. The summed E-state index contributed by atoms with van der Waals surface area (Å²) in [6.45, 7) is 3.97. The van der Waals surface area contributed by atoms with Crippen molar-refractivity contribution in [2.45, 2.75) is 19.0 Å². The summed E-state index contributed by atoms with van der Waals surface area (Å²) in [4.78, 5) is 29.3. The molecule has 4 aromatic rings. The summed E-state index contributed by atoms with van der Waals surface area (Å²) in [5.74, 6) is 0.455. The molecule has 1 amide bonds. The number of Topliss-reactive ketones (excluding diaryl/α,β-unsaturated/α-hetero) is 1. The predicted octanol–water partition coefficient (Wildman–Crippen LogP) is 4.32. The minimum Gasteiger partial charge on any atom is -0.482 e. The van der Waals surface area contributed by atoms with Crippen LogP contribution in [0.3, 0.4) is 0 Å². The standard InChI is InChI=1S/C24H20N4O3S/c1-14-10-15(2)27-28-23(14)22(16-6-4-3-5-7-16)26-24(28)32-13-19(29)17-8-9-20-18(11-17)25-21(30)12-31-20/h3-11H,12-13H2,1-2H3,(H,25,30). The number of amides is 1. The van der Waals surface area contributed by atoms with Crippen molar-refractivity contribution in [3.05, 3.63) is 71.4 Å². The third-order valence-corrected chi connectivity index (χ3v) is 6.12. The number of carbonyl (C=O) groups is 2. The van der Waals surface area contributed by atoms with Crippen LogP contribution in [0, 0.1) is 13.8 Å². The molecule has 1 aliphatic heterocycles. The second-order valence-electron chi connectivity index (χ2n) is 7.60. The first-order chi connectivity index (χ1) is 15.5. The Morgan fingerprint density at radius 1 is 1.16 bits per heavy atom. The lowest BCUT2D eigenvalue weighted by Gasteiger charge is -2.18. The maximum atomic E-state index is 12.9.